The maximum absolute atomic E-state index is 10.4. The highest BCUT2D eigenvalue weighted by Gasteiger charge is 2.08. The first-order valence-electron chi connectivity index (χ1n) is 6.44. The van der Waals surface area contributed by atoms with Crippen LogP contribution in [-0.4, -0.2) is 14.9 Å². The van der Waals surface area contributed by atoms with Gasteiger partial charge in [0.05, 0.1) is 0 Å². The zero-order valence-electron chi connectivity index (χ0n) is 10.7. The molecule has 1 N–H and O–H groups in total. The normalized spacial score (nSPS) is 14.2. The Labute approximate surface area is 108 Å². The van der Waals surface area contributed by atoms with Gasteiger partial charge in [0.25, 0.3) is 0 Å². The molecule has 0 aliphatic rings. The summed E-state index contributed by atoms with van der Waals surface area (Å²) >= 11 is -2.25. The van der Waals surface area contributed by atoms with Crippen molar-refractivity contribution < 1.29 is 12.9 Å². The zero-order chi connectivity index (χ0) is 12.9. The summed E-state index contributed by atoms with van der Waals surface area (Å²) in [7, 11) is 0. The molecule has 0 heterocycles. The highest BCUT2D eigenvalue weighted by Crippen LogP contribution is 2.11. The van der Waals surface area contributed by atoms with E-state index in [0.29, 0.717) is 6.42 Å². The third-order valence-corrected chi connectivity index (χ3v) is 3.10. The van der Waals surface area contributed by atoms with Crippen molar-refractivity contribution in [2.45, 2.75) is 70.8 Å². The van der Waals surface area contributed by atoms with Gasteiger partial charge in [-0.2, -0.15) is 4.21 Å². The number of rotatable bonds is 11. The fraction of sp³-hybridized carbons (Fsp3) is 0.846. The van der Waals surface area contributed by atoms with E-state index in [1.54, 1.807) is 0 Å². The van der Waals surface area contributed by atoms with E-state index in [1.165, 1.54) is 38.5 Å². The molecule has 17 heavy (non-hydrogen) atoms. The summed E-state index contributed by atoms with van der Waals surface area (Å²) < 4.78 is 23.6. The van der Waals surface area contributed by atoms with Gasteiger partial charge in [-0.3, -0.25) is 8.74 Å². The van der Waals surface area contributed by atoms with E-state index in [0.717, 1.165) is 12.8 Å². The van der Waals surface area contributed by atoms with Crippen molar-refractivity contribution in [3.8, 4) is 12.3 Å². The molecule has 0 aliphatic carbocycles. The highest BCUT2D eigenvalue weighted by atomic mass is 32.2. The highest BCUT2D eigenvalue weighted by molar-refractivity contribution is 7.74. The molecule has 0 amide bonds. The second-order valence-electron chi connectivity index (χ2n) is 4.23. The number of unbranched alkanes of at least 4 members (excludes halogenated alkanes) is 7. The molecule has 3 nitrogen and oxygen atoms in total. The fourth-order valence-corrected chi connectivity index (χ4v) is 2.07. The average Bonchev–Trinajstić information content (AvgIpc) is 2.30. The van der Waals surface area contributed by atoms with E-state index < -0.39 is 17.5 Å². The van der Waals surface area contributed by atoms with Gasteiger partial charge in [-0.1, -0.05) is 57.8 Å². The van der Waals surface area contributed by atoms with Gasteiger partial charge in [-0.05, 0) is 12.8 Å². The Balaban J connectivity index is 3.32. The maximum Gasteiger partial charge on any atom is 0.303 e. The summed E-state index contributed by atoms with van der Waals surface area (Å²) in [6.45, 7) is 2.21. The molecule has 0 aromatic heterocycles. The summed E-state index contributed by atoms with van der Waals surface area (Å²) in [5, 5.41) is 0. The topological polar surface area (TPSA) is 46.5 Å². The van der Waals surface area contributed by atoms with Crippen molar-refractivity contribution in [3.05, 3.63) is 0 Å². The number of hydrogen-bond acceptors (Lipinski definition) is 2. The van der Waals surface area contributed by atoms with E-state index in [1.807, 2.05) is 0 Å². The van der Waals surface area contributed by atoms with Crippen molar-refractivity contribution in [1.29, 1.82) is 0 Å². The molecule has 0 aliphatic heterocycles. The lowest BCUT2D eigenvalue weighted by Crippen LogP contribution is -2.11. The van der Waals surface area contributed by atoms with Crippen molar-refractivity contribution in [2.24, 2.45) is 0 Å². The summed E-state index contributed by atoms with van der Waals surface area (Å²) in [5.41, 5.74) is 0. The van der Waals surface area contributed by atoms with Gasteiger partial charge < -0.3 is 0 Å². The largest absolute Gasteiger partial charge is 0.303 e. The van der Waals surface area contributed by atoms with Crippen LogP contribution in [-0.2, 0) is 15.5 Å². The summed E-state index contributed by atoms with van der Waals surface area (Å²) in [6, 6.07) is 0. The minimum atomic E-state index is -2.25. The lowest BCUT2D eigenvalue weighted by Gasteiger charge is -2.07. The van der Waals surface area contributed by atoms with Crippen LogP contribution in [0.15, 0.2) is 0 Å². The zero-order valence-corrected chi connectivity index (χ0v) is 11.5. The molecular weight excluding hydrogens is 236 g/mol. The Morgan fingerprint density at radius 3 is 2.18 bits per heavy atom. The Morgan fingerprint density at radius 2 is 1.71 bits per heavy atom. The van der Waals surface area contributed by atoms with Gasteiger partial charge in [-0.25, -0.2) is 0 Å². The Kier molecular flexibility index (Phi) is 11.8. The van der Waals surface area contributed by atoms with E-state index in [9.17, 15) is 4.21 Å². The average molecular weight is 260 g/mol. The van der Waals surface area contributed by atoms with E-state index in [-0.39, 0.29) is 0 Å². The van der Waals surface area contributed by atoms with Crippen LogP contribution in [0.2, 0.25) is 0 Å². The van der Waals surface area contributed by atoms with Gasteiger partial charge in [0.1, 0.15) is 6.10 Å². The van der Waals surface area contributed by atoms with Crippen molar-refractivity contribution in [2.75, 3.05) is 0 Å². The molecule has 0 bridgehead atoms. The second-order valence-corrected chi connectivity index (χ2v) is 4.86. The molecule has 100 valence electrons. The van der Waals surface area contributed by atoms with Crippen LogP contribution in [0.4, 0.5) is 0 Å². The second kappa shape index (κ2) is 12.1. The molecule has 2 unspecified atom stereocenters. The maximum atomic E-state index is 10.4. The summed E-state index contributed by atoms with van der Waals surface area (Å²) in [6.07, 6.45) is 15.1. The van der Waals surface area contributed by atoms with Crippen LogP contribution in [0.1, 0.15) is 64.7 Å². The SMILES string of the molecule is C#CC(CCCCCCCCCC)OS(=O)O. The molecule has 0 rings (SSSR count). The molecule has 0 aromatic rings. The van der Waals surface area contributed by atoms with Gasteiger partial charge in [0, 0.05) is 0 Å². The van der Waals surface area contributed by atoms with Crippen LogP contribution in [0.5, 0.6) is 0 Å². The molecule has 0 fully saturated rings. The third-order valence-electron chi connectivity index (χ3n) is 2.70. The van der Waals surface area contributed by atoms with Crippen LogP contribution < -0.4 is 0 Å². The third kappa shape index (κ3) is 11.9. The van der Waals surface area contributed by atoms with Crippen molar-refractivity contribution in [3.63, 3.8) is 0 Å². The van der Waals surface area contributed by atoms with Crippen LogP contribution in [0.25, 0.3) is 0 Å². The smallest absolute Gasteiger partial charge is 0.284 e. The molecule has 0 radical (unpaired) electrons. The summed E-state index contributed by atoms with van der Waals surface area (Å²) in [4.78, 5) is 0. The number of hydrogen-bond donors (Lipinski definition) is 1. The van der Waals surface area contributed by atoms with Gasteiger partial charge in [-0.15, -0.1) is 6.42 Å². The first-order valence-corrected chi connectivity index (χ1v) is 7.48. The quantitative estimate of drug-likeness (QED) is 0.350. The molecular formula is C13H24O3S. The van der Waals surface area contributed by atoms with E-state index >= 15 is 0 Å². The van der Waals surface area contributed by atoms with Crippen molar-refractivity contribution in [1.82, 2.24) is 0 Å². The van der Waals surface area contributed by atoms with Gasteiger partial charge in [0.15, 0.2) is 0 Å². The lowest BCUT2D eigenvalue weighted by molar-refractivity contribution is 0.241. The Morgan fingerprint density at radius 1 is 1.18 bits per heavy atom. The molecule has 0 spiro atoms. The monoisotopic (exact) mass is 260 g/mol. The van der Waals surface area contributed by atoms with E-state index in [2.05, 4.69) is 17.0 Å². The van der Waals surface area contributed by atoms with Crippen LogP contribution in [0, 0.1) is 12.3 Å². The standard InChI is InChI=1S/C13H24O3S/c1-3-5-6-7-8-9-10-11-12-13(4-2)16-17(14)15/h2,13H,3,5-12H2,1H3,(H,14,15). The van der Waals surface area contributed by atoms with E-state index in [4.69, 9.17) is 11.0 Å². The molecule has 0 saturated heterocycles. The lowest BCUT2D eigenvalue weighted by atomic mass is 10.1. The van der Waals surface area contributed by atoms with Crippen LogP contribution in [0.3, 0.4) is 0 Å². The van der Waals surface area contributed by atoms with Gasteiger partial charge in [0.2, 0.25) is 0 Å². The molecule has 2 atom stereocenters. The number of terminal acetylenes is 1. The Bertz CT molecular complexity index is 235. The first-order chi connectivity index (χ1) is 8.20. The molecule has 4 heteroatoms. The minimum absolute atomic E-state index is 0.527. The predicted molar refractivity (Wildman–Crippen MR) is 71.7 cm³/mol. The minimum Gasteiger partial charge on any atom is -0.284 e. The Hall–Kier alpha value is -0.370. The fourth-order valence-electron chi connectivity index (χ4n) is 1.72. The van der Waals surface area contributed by atoms with Crippen LogP contribution >= 0.6 is 0 Å². The first kappa shape index (κ1) is 16.6. The summed E-state index contributed by atoms with van der Waals surface area (Å²) in [5.74, 6) is 2.38. The molecule has 0 aromatic carbocycles. The van der Waals surface area contributed by atoms with Crippen molar-refractivity contribution >= 4 is 11.4 Å². The predicted octanol–water partition coefficient (Wildman–Crippen LogP) is 3.67. The van der Waals surface area contributed by atoms with Gasteiger partial charge >= 0.3 is 11.4 Å². The molecule has 0 saturated carbocycles.